The second-order valence-electron chi connectivity index (χ2n) is 6.11. The average Bonchev–Trinajstić information content (AvgIpc) is 2.85. The summed E-state index contributed by atoms with van der Waals surface area (Å²) in [4.78, 5) is 2.42. The first-order chi connectivity index (χ1) is 10.1. The van der Waals surface area contributed by atoms with Gasteiger partial charge in [0.25, 0.3) is 0 Å². The lowest BCUT2D eigenvalue weighted by Crippen LogP contribution is -2.27. The molecule has 1 heterocycles. The topological polar surface area (TPSA) is 3.24 Å². The summed E-state index contributed by atoms with van der Waals surface area (Å²) in [5.74, 6) is 0. The van der Waals surface area contributed by atoms with E-state index >= 15 is 0 Å². The van der Waals surface area contributed by atoms with Gasteiger partial charge in [-0.3, -0.25) is 0 Å². The lowest BCUT2D eigenvalue weighted by molar-refractivity contribution is 0.271. The highest BCUT2D eigenvalue weighted by Gasteiger charge is 2.06. The summed E-state index contributed by atoms with van der Waals surface area (Å²) in [5, 5.41) is 2.82. The van der Waals surface area contributed by atoms with Crippen LogP contribution in [0.3, 0.4) is 0 Å². The van der Waals surface area contributed by atoms with E-state index in [4.69, 9.17) is 0 Å². The van der Waals surface area contributed by atoms with E-state index in [9.17, 15) is 0 Å². The summed E-state index contributed by atoms with van der Waals surface area (Å²) in [5.41, 5.74) is 1.46. The molecule has 0 fully saturated rings. The fraction of sp³-hybridized carbons (Fsp3) is 0.368. The lowest BCUT2D eigenvalue weighted by Gasteiger charge is -2.20. The molecule has 0 amide bonds. The van der Waals surface area contributed by atoms with Crippen molar-refractivity contribution in [1.29, 1.82) is 0 Å². The van der Waals surface area contributed by atoms with Gasteiger partial charge in [-0.2, -0.15) is 0 Å². The largest absolute Gasteiger partial charge is 0.304 e. The molecule has 1 nitrogen and oxygen atoms in total. The van der Waals surface area contributed by atoms with E-state index in [2.05, 4.69) is 68.3 Å². The summed E-state index contributed by atoms with van der Waals surface area (Å²) in [7, 11) is 2.21. The average molecular weight is 297 g/mol. The van der Waals surface area contributed by atoms with E-state index in [0.29, 0.717) is 6.04 Å². The minimum absolute atomic E-state index is 0.633. The molecule has 0 bridgehead atoms. The minimum Gasteiger partial charge on any atom is -0.304 e. The molecule has 3 aromatic rings. The van der Waals surface area contributed by atoms with E-state index in [0.717, 1.165) is 6.42 Å². The van der Waals surface area contributed by atoms with Crippen molar-refractivity contribution < 1.29 is 0 Å². The number of aryl methyl sites for hydroxylation is 1. The SMILES string of the molecule is CC(C)N(C)CCCc1ccc2sc3ccccc3c2c1. The van der Waals surface area contributed by atoms with Crippen LogP contribution in [0.1, 0.15) is 25.8 Å². The third-order valence-corrected chi connectivity index (χ3v) is 5.45. The summed E-state index contributed by atoms with van der Waals surface area (Å²) in [6.45, 7) is 5.67. The Labute approximate surface area is 131 Å². The van der Waals surface area contributed by atoms with Gasteiger partial charge in [-0.15, -0.1) is 11.3 Å². The first kappa shape index (κ1) is 14.6. The maximum absolute atomic E-state index is 2.42. The van der Waals surface area contributed by atoms with Gasteiger partial charge in [0.15, 0.2) is 0 Å². The molecular weight excluding hydrogens is 274 g/mol. The van der Waals surface area contributed by atoms with E-state index < -0.39 is 0 Å². The number of hydrogen-bond donors (Lipinski definition) is 0. The van der Waals surface area contributed by atoms with Crippen LogP contribution in [0, 0.1) is 0 Å². The summed E-state index contributed by atoms with van der Waals surface area (Å²) in [6, 6.07) is 16.3. The van der Waals surface area contributed by atoms with Gasteiger partial charge < -0.3 is 4.90 Å². The van der Waals surface area contributed by atoms with Gasteiger partial charge in [-0.25, -0.2) is 0 Å². The van der Waals surface area contributed by atoms with Crippen LogP contribution >= 0.6 is 11.3 Å². The number of nitrogens with zero attached hydrogens (tertiary/aromatic N) is 1. The third-order valence-electron chi connectivity index (χ3n) is 4.30. The Bertz CT molecular complexity index is 741. The quantitative estimate of drug-likeness (QED) is 0.615. The molecular formula is C19H23NS. The monoisotopic (exact) mass is 297 g/mol. The van der Waals surface area contributed by atoms with Gasteiger partial charge in [0.2, 0.25) is 0 Å². The highest BCUT2D eigenvalue weighted by Crippen LogP contribution is 2.34. The van der Waals surface area contributed by atoms with Crippen molar-refractivity contribution in [2.75, 3.05) is 13.6 Å². The molecule has 2 heteroatoms. The van der Waals surface area contributed by atoms with Gasteiger partial charge >= 0.3 is 0 Å². The van der Waals surface area contributed by atoms with E-state index in [1.165, 1.54) is 38.7 Å². The van der Waals surface area contributed by atoms with Crippen molar-refractivity contribution in [1.82, 2.24) is 4.90 Å². The Morgan fingerprint density at radius 3 is 2.57 bits per heavy atom. The van der Waals surface area contributed by atoms with Crippen LogP contribution in [0.4, 0.5) is 0 Å². The zero-order valence-electron chi connectivity index (χ0n) is 13.1. The molecule has 0 saturated carbocycles. The van der Waals surface area contributed by atoms with Crippen LogP contribution < -0.4 is 0 Å². The van der Waals surface area contributed by atoms with Crippen LogP contribution in [-0.2, 0) is 6.42 Å². The third kappa shape index (κ3) is 3.12. The summed E-state index contributed by atoms with van der Waals surface area (Å²) >= 11 is 1.89. The fourth-order valence-corrected chi connectivity index (χ4v) is 3.81. The molecule has 0 unspecified atom stereocenters. The first-order valence-corrected chi connectivity index (χ1v) is 8.57. The van der Waals surface area contributed by atoms with Crippen molar-refractivity contribution in [3.63, 3.8) is 0 Å². The van der Waals surface area contributed by atoms with E-state index in [1.807, 2.05) is 11.3 Å². The maximum Gasteiger partial charge on any atom is 0.0355 e. The van der Waals surface area contributed by atoms with Crippen LogP contribution in [-0.4, -0.2) is 24.5 Å². The molecule has 2 aromatic carbocycles. The molecule has 0 saturated heterocycles. The Morgan fingerprint density at radius 1 is 1.00 bits per heavy atom. The summed E-state index contributed by atoms with van der Waals surface area (Å²) < 4.78 is 2.79. The summed E-state index contributed by atoms with van der Waals surface area (Å²) in [6.07, 6.45) is 2.39. The highest BCUT2D eigenvalue weighted by atomic mass is 32.1. The zero-order valence-corrected chi connectivity index (χ0v) is 13.9. The predicted octanol–water partition coefficient (Wildman–Crippen LogP) is 5.33. The number of thiophene rings is 1. The van der Waals surface area contributed by atoms with Gasteiger partial charge in [-0.1, -0.05) is 24.3 Å². The van der Waals surface area contributed by atoms with Crippen molar-refractivity contribution in [2.45, 2.75) is 32.7 Å². The van der Waals surface area contributed by atoms with Crippen LogP contribution in [0.2, 0.25) is 0 Å². The van der Waals surface area contributed by atoms with Crippen molar-refractivity contribution in [3.05, 3.63) is 48.0 Å². The van der Waals surface area contributed by atoms with Crippen molar-refractivity contribution in [3.8, 4) is 0 Å². The molecule has 110 valence electrons. The molecule has 0 atom stereocenters. The molecule has 0 aliphatic carbocycles. The predicted molar refractivity (Wildman–Crippen MR) is 95.4 cm³/mol. The standard InChI is InChI=1S/C19H23NS/c1-14(2)20(3)12-6-7-15-10-11-19-17(13-15)16-8-4-5-9-18(16)21-19/h4-5,8-11,13-14H,6-7,12H2,1-3H3. The second-order valence-corrected chi connectivity index (χ2v) is 7.19. The van der Waals surface area contributed by atoms with Gasteiger partial charge in [0.05, 0.1) is 0 Å². The smallest absolute Gasteiger partial charge is 0.0355 e. The van der Waals surface area contributed by atoms with Gasteiger partial charge in [0.1, 0.15) is 0 Å². The minimum atomic E-state index is 0.633. The van der Waals surface area contributed by atoms with Gasteiger partial charge in [0, 0.05) is 26.2 Å². The molecule has 0 radical (unpaired) electrons. The molecule has 0 spiro atoms. The normalized spacial score (nSPS) is 12.0. The van der Waals surface area contributed by atoms with Crippen LogP contribution in [0.25, 0.3) is 20.2 Å². The van der Waals surface area contributed by atoms with E-state index in [-0.39, 0.29) is 0 Å². The maximum atomic E-state index is 2.42. The zero-order chi connectivity index (χ0) is 14.8. The highest BCUT2D eigenvalue weighted by molar-refractivity contribution is 7.25. The molecule has 0 N–H and O–H groups in total. The molecule has 0 aliphatic rings. The molecule has 0 aliphatic heterocycles. The van der Waals surface area contributed by atoms with Crippen molar-refractivity contribution >= 4 is 31.5 Å². The Hall–Kier alpha value is -1.38. The van der Waals surface area contributed by atoms with Crippen molar-refractivity contribution in [2.24, 2.45) is 0 Å². The molecule has 3 rings (SSSR count). The number of hydrogen-bond acceptors (Lipinski definition) is 2. The first-order valence-electron chi connectivity index (χ1n) is 7.75. The fourth-order valence-electron chi connectivity index (χ4n) is 2.72. The Kier molecular flexibility index (Phi) is 4.27. The second kappa shape index (κ2) is 6.17. The molecule has 1 aromatic heterocycles. The Morgan fingerprint density at radius 2 is 1.76 bits per heavy atom. The number of rotatable bonds is 5. The van der Waals surface area contributed by atoms with Crippen LogP contribution in [0.5, 0.6) is 0 Å². The Balaban J connectivity index is 1.79. The number of fused-ring (bicyclic) bond motifs is 3. The number of benzene rings is 2. The van der Waals surface area contributed by atoms with Gasteiger partial charge in [-0.05, 0) is 64.0 Å². The molecule has 21 heavy (non-hydrogen) atoms. The van der Waals surface area contributed by atoms with Crippen LogP contribution in [0.15, 0.2) is 42.5 Å². The lowest BCUT2D eigenvalue weighted by atomic mass is 10.1. The van der Waals surface area contributed by atoms with E-state index in [1.54, 1.807) is 0 Å².